The number of halogens is 1. The van der Waals surface area contributed by atoms with Crippen LogP contribution in [0.5, 0.6) is 11.5 Å². The smallest absolute Gasteiger partial charge is 0.161 e. The Morgan fingerprint density at radius 2 is 1.68 bits per heavy atom. The highest BCUT2D eigenvalue weighted by atomic mass is 127. The predicted octanol–water partition coefficient (Wildman–Crippen LogP) is 5.44. The first-order valence-corrected chi connectivity index (χ1v) is 11.0. The largest absolute Gasteiger partial charge is 0.493 e. The fourth-order valence-electron chi connectivity index (χ4n) is 3.54. The fraction of sp³-hybridized carbons (Fsp3) is 0.160. The summed E-state index contributed by atoms with van der Waals surface area (Å²) in [5.41, 5.74) is 7.75. The van der Waals surface area contributed by atoms with E-state index in [0.717, 1.165) is 23.4 Å². The Bertz CT molecular complexity index is 1200. The number of nitrogens with one attached hydrogen (secondary N) is 1. The number of para-hydroxylation sites is 1. The minimum absolute atomic E-state index is 0.595. The Balaban J connectivity index is 1.49. The van der Waals surface area contributed by atoms with Crippen LogP contribution in [0.2, 0.25) is 0 Å². The Kier molecular flexibility index (Phi) is 6.76. The SMILES string of the molecule is COc1ccc(CN/N=C/c2cn(Cc3ccc(I)cc3)c3ccccc23)cc1OC. The van der Waals surface area contributed by atoms with E-state index in [-0.39, 0.29) is 0 Å². The number of aromatic nitrogens is 1. The maximum Gasteiger partial charge on any atom is 0.161 e. The van der Waals surface area contributed by atoms with Crippen LogP contribution in [0.3, 0.4) is 0 Å². The minimum Gasteiger partial charge on any atom is -0.493 e. The van der Waals surface area contributed by atoms with Gasteiger partial charge in [-0.3, -0.25) is 0 Å². The Morgan fingerprint density at radius 3 is 2.45 bits per heavy atom. The van der Waals surface area contributed by atoms with Crippen LogP contribution in [-0.4, -0.2) is 25.0 Å². The third kappa shape index (κ3) is 5.02. The highest BCUT2D eigenvalue weighted by Crippen LogP contribution is 2.27. The summed E-state index contributed by atoms with van der Waals surface area (Å²) in [6, 6.07) is 22.9. The molecule has 0 spiro atoms. The molecule has 0 bridgehead atoms. The lowest BCUT2D eigenvalue weighted by atomic mass is 10.2. The molecule has 3 aromatic carbocycles. The summed E-state index contributed by atoms with van der Waals surface area (Å²) in [7, 11) is 3.27. The second-order valence-corrected chi connectivity index (χ2v) is 8.38. The van der Waals surface area contributed by atoms with Gasteiger partial charge in [-0.2, -0.15) is 5.10 Å². The van der Waals surface area contributed by atoms with Crippen molar-refractivity contribution in [1.29, 1.82) is 0 Å². The lowest BCUT2D eigenvalue weighted by molar-refractivity contribution is 0.354. The van der Waals surface area contributed by atoms with Gasteiger partial charge in [-0.15, -0.1) is 0 Å². The highest BCUT2D eigenvalue weighted by molar-refractivity contribution is 14.1. The third-order valence-electron chi connectivity index (χ3n) is 5.11. The number of hydrogen-bond acceptors (Lipinski definition) is 4. The van der Waals surface area contributed by atoms with Gasteiger partial charge in [0.25, 0.3) is 0 Å². The zero-order chi connectivity index (χ0) is 21.6. The van der Waals surface area contributed by atoms with E-state index in [1.165, 1.54) is 20.0 Å². The van der Waals surface area contributed by atoms with Crippen molar-refractivity contribution in [2.24, 2.45) is 5.10 Å². The third-order valence-corrected chi connectivity index (χ3v) is 5.83. The summed E-state index contributed by atoms with van der Waals surface area (Å²) in [5.74, 6) is 1.43. The van der Waals surface area contributed by atoms with Crippen LogP contribution in [0.25, 0.3) is 10.9 Å². The maximum atomic E-state index is 5.36. The summed E-state index contributed by atoms with van der Waals surface area (Å²) >= 11 is 2.33. The number of methoxy groups -OCH3 is 2. The van der Waals surface area contributed by atoms with E-state index in [0.29, 0.717) is 12.3 Å². The summed E-state index contributed by atoms with van der Waals surface area (Å²) in [6.45, 7) is 1.42. The van der Waals surface area contributed by atoms with E-state index >= 15 is 0 Å². The normalized spacial score (nSPS) is 11.2. The van der Waals surface area contributed by atoms with Crippen LogP contribution in [0.4, 0.5) is 0 Å². The first kappa shape index (κ1) is 21.2. The van der Waals surface area contributed by atoms with Gasteiger partial charge in [-0.1, -0.05) is 36.4 Å². The molecular formula is C25H24IN3O2. The quantitative estimate of drug-likeness (QED) is 0.190. The van der Waals surface area contributed by atoms with E-state index in [1.54, 1.807) is 14.2 Å². The molecule has 1 N–H and O–H groups in total. The molecule has 0 saturated carbocycles. The number of nitrogens with zero attached hydrogens (tertiary/aromatic N) is 2. The van der Waals surface area contributed by atoms with Crippen molar-refractivity contribution in [3.8, 4) is 11.5 Å². The topological polar surface area (TPSA) is 47.8 Å². The molecule has 1 heterocycles. The van der Waals surface area contributed by atoms with Gasteiger partial charge in [0.1, 0.15) is 0 Å². The van der Waals surface area contributed by atoms with E-state index in [9.17, 15) is 0 Å². The molecule has 0 unspecified atom stereocenters. The molecule has 0 atom stereocenters. The average Bonchev–Trinajstić information content (AvgIpc) is 3.15. The lowest BCUT2D eigenvalue weighted by Gasteiger charge is -2.09. The first-order chi connectivity index (χ1) is 15.2. The van der Waals surface area contributed by atoms with Gasteiger partial charge in [-0.05, 0) is 64.0 Å². The number of ether oxygens (including phenoxy) is 2. The molecule has 0 saturated heterocycles. The van der Waals surface area contributed by atoms with Gasteiger partial charge >= 0.3 is 0 Å². The van der Waals surface area contributed by atoms with Crippen LogP contribution >= 0.6 is 22.6 Å². The van der Waals surface area contributed by atoms with Gasteiger partial charge in [0, 0.05) is 32.8 Å². The summed E-state index contributed by atoms with van der Waals surface area (Å²) in [4.78, 5) is 0. The Morgan fingerprint density at radius 1 is 0.935 bits per heavy atom. The van der Waals surface area contributed by atoms with Crippen LogP contribution in [0.1, 0.15) is 16.7 Å². The number of benzene rings is 3. The van der Waals surface area contributed by atoms with Crippen molar-refractivity contribution >= 4 is 39.7 Å². The van der Waals surface area contributed by atoms with Crippen LogP contribution < -0.4 is 14.9 Å². The number of hydrazone groups is 1. The average molecular weight is 525 g/mol. The van der Waals surface area contributed by atoms with Crippen molar-refractivity contribution in [3.05, 3.63) is 93.2 Å². The number of rotatable bonds is 8. The minimum atomic E-state index is 0.595. The Labute approximate surface area is 195 Å². The molecule has 4 rings (SSSR count). The molecule has 158 valence electrons. The molecule has 5 nitrogen and oxygen atoms in total. The molecule has 1 aromatic heterocycles. The second-order valence-electron chi connectivity index (χ2n) is 7.14. The lowest BCUT2D eigenvalue weighted by Crippen LogP contribution is -2.06. The van der Waals surface area contributed by atoms with Gasteiger partial charge < -0.3 is 19.5 Å². The number of hydrogen-bond donors (Lipinski definition) is 1. The molecule has 4 aromatic rings. The summed E-state index contributed by atoms with van der Waals surface area (Å²) < 4.78 is 14.2. The highest BCUT2D eigenvalue weighted by Gasteiger charge is 2.07. The zero-order valence-corrected chi connectivity index (χ0v) is 19.7. The standard InChI is InChI=1S/C25H24IN3O2/c1-30-24-12-9-19(13-25(24)31-2)14-27-28-15-20-17-29(23-6-4-3-5-22(20)23)16-18-7-10-21(26)11-8-18/h3-13,15,17,27H,14,16H2,1-2H3/b28-15+. The van der Waals surface area contributed by atoms with Crippen molar-refractivity contribution < 1.29 is 9.47 Å². The molecule has 0 aliphatic heterocycles. The van der Waals surface area contributed by atoms with E-state index in [2.05, 4.69) is 92.4 Å². The molecule has 0 aliphatic rings. The molecule has 6 heteroatoms. The monoisotopic (exact) mass is 525 g/mol. The summed E-state index contributed by atoms with van der Waals surface area (Å²) in [6.07, 6.45) is 4.04. The van der Waals surface area contributed by atoms with Crippen molar-refractivity contribution in [3.63, 3.8) is 0 Å². The molecular weight excluding hydrogens is 501 g/mol. The van der Waals surface area contributed by atoms with E-state index in [4.69, 9.17) is 9.47 Å². The fourth-order valence-corrected chi connectivity index (χ4v) is 3.90. The molecule has 0 amide bonds. The molecule has 0 fully saturated rings. The van der Waals surface area contributed by atoms with Gasteiger partial charge in [0.15, 0.2) is 11.5 Å². The second kappa shape index (κ2) is 9.87. The summed E-state index contributed by atoms with van der Waals surface area (Å²) in [5, 5.41) is 5.64. The van der Waals surface area contributed by atoms with E-state index < -0.39 is 0 Å². The van der Waals surface area contributed by atoms with Crippen LogP contribution in [0, 0.1) is 3.57 Å². The molecule has 0 radical (unpaired) electrons. The van der Waals surface area contributed by atoms with Crippen LogP contribution in [-0.2, 0) is 13.1 Å². The van der Waals surface area contributed by atoms with Crippen molar-refractivity contribution in [2.75, 3.05) is 14.2 Å². The zero-order valence-electron chi connectivity index (χ0n) is 17.5. The van der Waals surface area contributed by atoms with Crippen LogP contribution in [0.15, 0.2) is 78.0 Å². The molecule has 0 aliphatic carbocycles. The Hall–Kier alpha value is -3.00. The predicted molar refractivity (Wildman–Crippen MR) is 134 cm³/mol. The van der Waals surface area contributed by atoms with E-state index in [1.807, 2.05) is 24.4 Å². The van der Waals surface area contributed by atoms with Crippen molar-refractivity contribution in [2.45, 2.75) is 13.1 Å². The van der Waals surface area contributed by atoms with Crippen molar-refractivity contribution in [1.82, 2.24) is 9.99 Å². The first-order valence-electron chi connectivity index (χ1n) is 9.97. The van der Waals surface area contributed by atoms with Gasteiger partial charge in [0.2, 0.25) is 0 Å². The maximum absolute atomic E-state index is 5.36. The van der Waals surface area contributed by atoms with Gasteiger partial charge in [-0.25, -0.2) is 0 Å². The van der Waals surface area contributed by atoms with Gasteiger partial charge in [0.05, 0.1) is 27.0 Å². The number of fused-ring (bicyclic) bond motifs is 1. The molecule has 31 heavy (non-hydrogen) atoms.